The van der Waals surface area contributed by atoms with E-state index in [9.17, 15) is 18.0 Å². The summed E-state index contributed by atoms with van der Waals surface area (Å²) in [6.07, 6.45) is 0.577. The van der Waals surface area contributed by atoms with E-state index in [0.29, 0.717) is 11.4 Å². The van der Waals surface area contributed by atoms with Gasteiger partial charge in [0.2, 0.25) is 5.82 Å². The number of hydrogen-bond acceptors (Lipinski definition) is 6. The van der Waals surface area contributed by atoms with Crippen LogP contribution in [0.25, 0.3) is 16.4 Å². The van der Waals surface area contributed by atoms with Gasteiger partial charge in [0.15, 0.2) is 11.6 Å². The maximum Gasteiger partial charge on any atom is 0.416 e. The summed E-state index contributed by atoms with van der Waals surface area (Å²) in [7, 11) is 0. The molecule has 0 unspecified atom stereocenters. The van der Waals surface area contributed by atoms with E-state index in [4.69, 9.17) is 0 Å². The number of benzene rings is 1. The largest absolute Gasteiger partial charge is 0.416 e. The zero-order valence-corrected chi connectivity index (χ0v) is 18.7. The first-order chi connectivity index (χ1) is 16.9. The number of carbonyl (C=O) groups excluding carboxylic acids is 1. The monoisotopic (exact) mass is 495 g/mol. The van der Waals surface area contributed by atoms with Crippen molar-refractivity contribution in [2.24, 2.45) is 0 Å². The van der Waals surface area contributed by atoms with Gasteiger partial charge in [-0.25, -0.2) is 9.67 Å². The van der Waals surface area contributed by atoms with Crippen molar-refractivity contribution >= 4 is 23.1 Å². The molecule has 35 heavy (non-hydrogen) atoms. The minimum Gasteiger partial charge on any atom is -0.302 e. The first-order valence-corrected chi connectivity index (χ1v) is 11.2. The maximum absolute atomic E-state index is 13.3. The average Bonchev–Trinajstić information content (AvgIpc) is 3.60. The molecule has 5 aromatic rings. The smallest absolute Gasteiger partial charge is 0.302 e. The Labute approximate surface area is 200 Å². The lowest BCUT2D eigenvalue weighted by atomic mass is 10.2. The average molecular weight is 495 g/mol. The molecule has 4 heterocycles. The van der Waals surface area contributed by atoms with E-state index in [2.05, 4.69) is 25.5 Å². The van der Waals surface area contributed by atoms with Crippen molar-refractivity contribution in [2.75, 3.05) is 5.32 Å². The van der Waals surface area contributed by atoms with Gasteiger partial charge in [0.25, 0.3) is 5.91 Å². The molecule has 4 aromatic heterocycles. The Morgan fingerprint density at radius 1 is 1.06 bits per heavy atom. The predicted molar refractivity (Wildman–Crippen MR) is 123 cm³/mol. The van der Waals surface area contributed by atoms with Gasteiger partial charge in [-0.1, -0.05) is 18.2 Å². The fraction of sp³-hybridized carbons (Fsp3) is 0.0870. The van der Waals surface area contributed by atoms with Crippen LogP contribution < -0.4 is 5.32 Å². The molecule has 1 aromatic carbocycles. The van der Waals surface area contributed by atoms with Crippen LogP contribution in [-0.4, -0.2) is 35.4 Å². The van der Waals surface area contributed by atoms with E-state index in [1.807, 2.05) is 12.1 Å². The fourth-order valence-corrected chi connectivity index (χ4v) is 4.03. The number of anilines is 1. The van der Waals surface area contributed by atoms with E-state index >= 15 is 0 Å². The molecule has 0 aliphatic carbocycles. The van der Waals surface area contributed by atoms with Gasteiger partial charge in [0.1, 0.15) is 0 Å². The number of halogens is 3. The topological polar surface area (TPSA) is 90.5 Å². The Balaban J connectivity index is 1.42. The number of alkyl halides is 3. The zero-order valence-electron chi connectivity index (χ0n) is 17.8. The molecule has 1 N–H and O–H groups in total. The molecule has 0 spiro atoms. The lowest BCUT2D eigenvalue weighted by molar-refractivity contribution is -0.137. The molecule has 0 bridgehead atoms. The normalized spacial score (nSPS) is 11.5. The summed E-state index contributed by atoms with van der Waals surface area (Å²) in [5.41, 5.74) is 0.249. The van der Waals surface area contributed by atoms with Crippen molar-refractivity contribution in [1.29, 1.82) is 0 Å². The van der Waals surface area contributed by atoms with Crippen molar-refractivity contribution < 1.29 is 18.0 Å². The van der Waals surface area contributed by atoms with Crippen molar-refractivity contribution in [2.45, 2.75) is 12.7 Å². The second-order valence-electron chi connectivity index (χ2n) is 7.41. The lowest BCUT2D eigenvalue weighted by Crippen LogP contribution is -2.15. The number of hydrogen-bond donors (Lipinski definition) is 1. The Kier molecular flexibility index (Phi) is 5.87. The lowest BCUT2D eigenvalue weighted by Gasteiger charge is -2.09. The highest BCUT2D eigenvalue weighted by Gasteiger charge is 2.31. The molecule has 0 aliphatic rings. The van der Waals surface area contributed by atoms with E-state index in [1.54, 1.807) is 46.9 Å². The summed E-state index contributed by atoms with van der Waals surface area (Å²) in [6.45, 7) is 0.467. The Bertz CT molecular complexity index is 1460. The van der Waals surface area contributed by atoms with Gasteiger partial charge < -0.3 is 5.32 Å². The van der Waals surface area contributed by atoms with Gasteiger partial charge in [-0.05, 0) is 41.3 Å². The van der Waals surface area contributed by atoms with Gasteiger partial charge in [0.05, 0.1) is 22.7 Å². The van der Waals surface area contributed by atoms with Crippen LogP contribution in [0.2, 0.25) is 0 Å². The number of pyridine rings is 1. The standard InChI is InChI=1S/C23H16F3N7OS/c24-23(25,26)16-5-1-6-17(12-16)33-21(18-7-3-11-35-18)29-20(31-33)22(34)28-19-8-10-32(30-19)14-15-4-2-9-27-13-15/h1-13H,14H2,(H,28,30,34). The van der Waals surface area contributed by atoms with E-state index in [1.165, 1.54) is 28.2 Å². The Morgan fingerprint density at radius 3 is 2.69 bits per heavy atom. The third kappa shape index (κ3) is 4.96. The Hall–Kier alpha value is -4.32. The molecule has 0 fully saturated rings. The molecular weight excluding hydrogens is 479 g/mol. The second kappa shape index (κ2) is 9.14. The van der Waals surface area contributed by atoms with Gasteiger partial charge in [-0.15, -0.1) is 16.4 Å². The van der Waals surface area contributed by atoms with Crippen LogP contribution in [0.5, 0.6) is 0 Å². The van der Waals surface area contributed by atoms with Crippen molar-refractivity contribution in [3.63, 3.8) is 0 Å². The summed E-state index contributed by atoms with van der Waals surface area (Å²) in [4.78, 5) is 21.9. The molecule has 176 valence electrons. The molecule has 0 aliphatic heterocycles. The minimum atomic E-state index is -4.52. The molecule has 12 heteroatoms. The number of rotatable bonds is 6. The molecule has 8 nitrogen and oxygen atoms in total. The van der Waals surface area contributed by atoms with Crippen LogP contribution in [0, 0.1) is 0 Å². The number of thiophene rings is 1. The molecular formula is C23H16F3N7OS. The first-order valence-electron chi connectivity index (χ1n) is 10.3. The fourth-order valence-electron chi connectivity index (χ4n) is 3.33. The van der Waals surface area contributed by atoms with Gasteiger partial charge in [0, 0.05) is 24.7 Å². The van der Waals surface area contributed by atoms with Crippen LogP contribution in [0.15, 0.2) is 78.6 Å². The SMILES string of the molecule is O=C(Nc1ccn(Cc2cccnc2)n1)c1nc(-c2cccs2)n(-c2cccc(C(F)(F)F)c2)n1. The zero-order chi connectivity index (χ0) is 24.4. The highest BCUT2D eigenvalue weighted by molar-refractivity contribution is 7.13. The highest BCUT2D eigenvalue weighted by Crippen LogP contribution is 2.32. The van der Waals surface area contributed by atoms with Crippen molar-refractivity contribution in [1.82, 2.24) is 29.5 Å². The second-order valence-corrected chi connectivity index (χ2v) is 8.36. The van der Waals surface area contributed by atoms with Gasteiger partial charge in [-0.2, -0.15) is 18.3 Å². The molecule has 0 saturated carbocycles. The predicted octanol–water partition coefficient (Wildman–Crippen LogP) is 4.91. The van der Waals surface area contributed by atoms with Crippen molar-refractivity contribution in [3.05, 3.63) is 95.5 Å². The highest BCUT2D eigenvalue weighted by atomic mass is 32.1. The summed E-state index contributed by atoms with van der Waals surface area (Å²) >= 11 is 1.33. The number of amides is 1. The third-order valence-corrected chi connectivity index (χ3v) is 5.79. The summed E-state index contributed by atoms with van der Waals surface area (Å²) in [5, 5.41) is 13.0. The third-order valence-electron chi connectivity index (χ3n) is 4.92. The summed E-state index contributed by atoms with van der Waals surface area (Å²) in [5.74, 6) is -0.300. The number of carbonyl (C=O) groups is 1. The molecule has 1 amide bonds. The minimum absolute atomic E-state index is 0.135. The maximum atomic E-state index is 13.3. The number of nitrogens with zero attached hydrogens (tertiary/aromatic N) is 6. The van der Waals surface area contributed by atoms with Crippen LogP contribution in [0.3, 0.4) is 0 Å². The van der Waals surface area contributed by atoms with Crippen LogP contribution >= 0.6 is 11.3 Å². The van der Waals surface area contributed by atoms with Crippen LogP contribution in [0.1, 0.15) is 21.7 Å². The first kappa shape index (κ1) is 22.5. The van der Waals surface area contributed by atoms with E-state index in [-0.39, 0.29) is 23.2 Å². The van der Waals surface area contributed by atoms with Crippen molar-refractivity contribution in [3.8, 4) is 16.4 Å². The summed E-state index contributed by atoms with van der Waals surface area (Å²) < 4.78 is 42.6. The Morgan fingerprint density at radius 2 is 1.94 bits per heavy atom. The van der Waals surface area contributed by atoms with Crippen LogP contribution in [0.4, 0.5) is 19.0 Å². The molecule has 0 radical (unpaired) electrons. The molecule has 5 rings (SSSR count). The molecule has 0 atom stereocenters. The molecule has 0 saturated heterocycles. The van der Waals surface area contributed by atoms with E-state index < -0.39 is 17.6 Å². The number of nitrogens with one attached hydrogen (secondary N) is 1. The summed E-state index contributed by atoms with van der Waals surface area (Å²) in [6, 6.07) is 13.6. The van der Waals surface area contributed by atoms with Gasteiger partial charge >= 0.3 is 6.18 Å². The van der Waals surface area contributed by atoms with Gasteiger partial charge in [-0.3, -0.25) is 14.5 Å². The quantitative estimate of drug-likeness (QED) is 0.362. The van der Waals surface area contributed by atoms with E-state index in [0.717, 1.165) is 17.7 Å². The van der Waals surface area contributed by atoms with Crippen LogP contribution in [-0.2, 0) is 12.7 Å². The number of aromatic nitrogens is 6.